The molecule has 0 atom stereocenters. The number of nitrogens with one attached hydrogen (secondary N) is 1. The Labute approximate surface area is 145 Å². The van der Waals surface area contributed by atoms with Crippen LogP contribution in [-0.2, 0) is 11.3 Å². The van der Waals surface area contributed by atoms with Crippen molar-refractivity contribution in [1.29, 1.82) is 0 Å². The highest BCUT2D eigenvalue weighted by molar-refractivity contribution is 14.1. The van der Waals surface area contributed by atoms with E-state index in [-0.39, 0.29) is 12.5 Å². The Bertz CT molecular complexity index is 723. The number of benzene rings is 1. The van der Waals surface area contributed by atoms with Crippen LogP contribution in [0, 0.1) is 3.57 Å². The van der Waals surface area contributed by atoms with Crippen LogP contribution >= 0.6 is 45.8 Å². The van der Waals surface area contributed by atoms with Crippen molar-refractivity contribution in [1.82, 2.24) is 4.98 Å². The van der Waals surface area contributed by atoms with Crippen molar-refractivity contribution >= 4 is 63.2 Å². The van der Waals surface area contributed by atoms with Gasteiger partial charge in [-0.1, -0.05) is 23.2 Å². The van der Waals surface area contributed by atoms with Crippen molar-refractivity contribution in [2.45, 2.75) is 6.54 Å². The Morgan fingerprint density at radius 2 is 2.14 bits per heavy atom. The lowest BCUT2D eigenvalue weighted by atomic mass is 10.1. The van der Waals surface area contributed by atoms with E-state index in [9.17, 15) is 4.79 Å². The zero-order valence-electron chi connectivity index (χ0n) is 10.7. The lowest BCUT2D eigenvalue weighted by Crippen LogP contribution is -2.39. The molecule has 0 spiro atoms. The molecule has 0 fully saturated rings. The highest BCUT2D eigenvalue weighted by atomic mass is 127. The van der Waals surface area contributed by atoms with E-state index in [1.54, 1.807) is 29.3 Å². The second-order valence-electron chi connectivity index (χ2n) is 4.59. The number of rotatable bonds is 2. The first-order valence-corrected chi connectivity index (χ1v) is 8.02. The van der Waals surface area contributed by atoms with Crippen molar-refractivity contribution in [2.24, 2.45) is 0 Å². The molecule has 1 aliphatic heterocycles. The minimum atomic E-state index is -0.0256. The number of fused-ring (bicyclic) bond motifs is 1. The molecule has 1 aromatic carbocycles. The van der Waals surface area contributed by atoms with Crippen molar-refractivity contribution in [3.8, 4) is 0 Å². The Morgan fingerprint density at radius 1 is 1.33 bits per heavy atom. The fourth-order valence-corrected chi connectivity index (χ4v) is 2.97. The van der Waals surface area contributed by atoms with Gasteiger partial charge in [-0.15, -0.1) is 0 Å². The molecule has 108 valence electrons. The molecule has 0 aliphatic carbocycles. The van der Waals surface area contributed by atoms with E-state index in [2.05, 4.69) is 32.9 Å². The Morgan fingerprint density at radius 3 is 2.95 bits per heavy atom. The van der Waals surface area contributed by atoms with Crippen molar-refractivity contribution < 1.29 is 4.79 Å². The molecular formula is C14H10Cl2IN3O. The molecule has 0 radical (unpaired) electrons. The molecule has 0 saturated heterocycles. The van der Waals surface area contributed by atoms with Crippen LogP contribution in [0.5, 0.6) is 0 Å². The van der Waals surface area contributed by atoms with Crippen LogP contribution in [0.2, 0.25) is 10.0 Å². The number of anilines is 2. The number of aromatic nitrogens is 1. The van der Waals surface area contributed by atoms with Crippen LogP contribution in [0.3, 0.4) is 0 Å². The molecule has 0 saturated carbocycles. The maximum atomic E-state index is 12.2. The van der Waals surface area contributed by atoms with Crippen molar-refractivity contribution in [3.63, 3.8) is 0 Å². The first kappa shape index (κ1) is 14.9. The van der Waals surface area contributed by atoms with Gasteiger partial charge in [-0.25, -0.2) is 4.98 Å². The van der Waals surface area contributed by atoms with E-state index >= 15 is 0 Å². The average Bonchev–Trinajstić information content (AvgIpc) is 2.46. The van der Waals surface area contributed by atoms with Gasteiger partial charge in [-0.3, -0.25) is 4.79 Å². The van der Waals surface area contributed by atoms with Gasteiger partial charge in [-0.05, 0) is 52.4 Å². The maximum Gasteiger partial charge on any atom is 0.246 e. The number of pyridine rings is 1. The smallest absolute Gasteiger partial charge is 0.246 e. The standard InChI is InChI=1S/C14H10Cl2IN3O/c15-9-1-2-11(16)8(3-9)7-20-12-4-10(17)5-18-14(12)19-6-13(20)21/h1-5H,6-7H2,(H,18,19). The highest BCUT2D eigenvalue weighted by Gasteiger charge is 2.25. The van der Waals surface area contributed by atoms with Crippen LogP contribution in [0.4, 0.5) is 11.5 Å². The quantitative estimate of drug-likeness (QED) is 0.729. The Balaban J connectivity index is 2.00. The molecule has 0 bridgehead atoms. The summed E-state index contributed by atoms with van der Waals surface area (Å²) in [6, 6.07) is 7.16. The molecule has 4 nitrogen and oxygen atoms in total. The van der Waals surface area contributed by atoms with Crippen LogP contribution in [0.1, 0.15) is 5.56 Å². The number of nitrogens with zero attached hydrogens (tertiary/aromatic N) is 2. The minimum absolute atomic E-state index is 0.0256. The summed E-state index contributed by atoms with van der Waals surface area (Å²) in [4.78, 5) is 18.2. The second kappa shape index (κ2) is 5.98. The normalized spacial score (nSPS) is 13.9. The number of halogens is 3. The molecule has 1 aliphatic rings. The molecule has 21 heavy (non-hydrogen) atoms. The number of amides is 1. The summed E-state index contributed by atoms with van der Waals surface area (Å²) in [6.45, 7) is 0.591. The molecule has 2 aromatic rings. The maximum absolute atomic E-state index is 12.2. The Kier molecular flexibility index (Phi) is 4.24. The lowest BCUT2D eigenvalue weighted by Gasteiger charge is -2.29. The third-order valence-corrected chi connectivity index (χ3v) is 4.36. The number of hydrogen-bond donors (Lipinski definition) is 1. The third kappa shape index (κ3) is 3.09. The van der Waals surface area contributed by atoms with Gasteiger partial charge in [0.05, 0.1) is 18.8 Å². The molecule has 2 heterocycles. The van der Waals surface area contributed by atoms with Gasteiger partial charge >= 0.3 is 0 Å². The number of carbonyl (C=O) groups excluding carboxylic acids is 1. The van der Waals surface area contributed by atoms with Gasteiger partial charge in [0.25, 0.3) is 0 Å². The molecule has 7 heteroatoms. The third-order valence-electron chi connectivity index (χ3n) is 3.17. The van der Waals surface area contributed by atoms with Gasteiger partial charge in [-0.2, -0.15) is 0 Å². The van der Waals surface area contributed by atoms with E-state index in [0.717, 1.165) is 14.8 Å². The molecule has 1 amide bonds. The molecular weight excluding hydrogens is 424 g/mol. The first-order chi connectivity index (χ1) is 10.0. The van der Waals surface area contributed by atoms with Crippen LogP contribution in [-0.4, -0.2) is 17.4 Å². The topological polar surface area (TPSA) is 45.2 Å². The van der Waals surface area contributed by atoms with Gasteiger partial charge in [0, 0.05) is 19.8 Å². The second-order valence-corrected chi connectivity index (χ2v) is 6.68. The fraction of sp³-hybridized carbons (Fsp3) is 0.143. The monoisotopic (exact) mass is 433 g/mol. The fourth-order valence-electron chi connectivity index (χ4n) is 2.17. The summed E-state index contributed by atoms with van der Waals surface area (Å²) in [5, 5.41) is 4.20. The summed E-state index contributed by atoms with van der Waals surface area (Å²) in [5.74, 6) is 0.676. The summed E-state index contributed by atoms with van der Waals surface area (Å²) in [7, 11) is 0. The zero-order valence-corrected chi connectivity index (χ0v) is 14.4. The number of carbonyl (C=O) groups is 1. The predicted molar refractivity (Wildman–Crippen MR) is 93.1 cm³/mol. The molecule has 3 rings (SSSR count). The summed E-state index contributed by atoms with van der Waals surface area (Å²) < 4.78 is 0.963. The highest BCUT2D eigenvalue weighted by Crippen LogP contribution is 2.31. The van der Waals surface area contributed by atoms with Gasteiger partial charge in [0.15, 0.2) is 5.82 Å². The lowest BCUT2D eigenvalue weighted by molar-refractivity contribution is -0.117. The van der Waals surface area contributed by atoms with Crippen molar-refractivity contribution in [3.05, 3.63) is 49.6 Å². The van der Waals surface area contributed by atoms with Crippen LogP contribution < -0.4 is 10.2 Å². The van der Waals surface area contributed by atoms with Gasteiger partial charge in [0.1, 0.15) is 0 Å². The molecule has 1 aromatic heterocycles. The summed E-state index contributed by atoms with van der Waals surface area (Å²) in [6.07, 6.45) is 1.76. The van der Waals surface area contributed by atoms with Crippen LogP contribution in [0.25, 0.3) is 0 Å². The predicted octanol–water partition coefficient (Wildman–Crippen LogP) is 3.95. The van der Waals surface area contributed by atoms with E-state index in [1.807, 2.05) is 6.07 Å². The molecule has 0 unspecified atom stereocenters. The average molecular weight is 434 g/mol. The van der Waals surface area contributed by atoms with E-state index in [4.69, 9.17) is 23.2 Å². The SMILES string of the molecule is O=C1CNc2ncc(I)cc2N1Cc1cc(Cl)ccc1Cl. The summed E-state index contributed by atoms with van der Waals surface area (Å²) in [5.41, 5.74) is 1.57. The van der Waals surface area contributed by atoms with E-state index in [0.29, 0.717) is 22.4 Å². The van der Waals surface area contributed by atoms with E-state index < -0.39 is 0 Å². The van der Waals surface area contributed by atoms with E-state index in [1.165, 1.54) is 0 Å². The largest absolute Gasteiger partial charge is 0.359 e. The zero-order chi connectivity index (χ0) is 15.0. The first-order valence-electron chi connectivity index (χ1n) is 6.18. The molecule has 1 N–H and O–H groups in total. The number of hydrogen-bond acceptors (Lipinski definition) is 3. The van der Waals surface area contributed by atoms with Gasteiger partial charge < -0.3 is 10.2 Å². The van der Waals surface area contributed by atoms with Crippen LogP contribution in [0.15, 0.2) is 30.5 Å². The minimum Gasteiger partial charge on any atom is -0.359 e. The van der Waals surface area contributed by atoms with Crippen molar-refractivity contribution in [2.75, 3.05) is 16.8 Å². The van der Waals surface area contributed by atoms with Gasteiger partial charge in [0.2, 0.25) is 5.91 Å². The Hall–Kier alpha value is -1.05. The summed E-state index contributed by atoms with van der Waals surface area (Å²) >= 11 is 14.4.